The SMILES string of the molecule is CC(C)CCc1noc(CCC(=O)O)n1. The topological polar surface area (TPSA) is 76.2 Å². The van der Waals surface area contributed by atoms with Crippen molar-refractivity contribution in [3.63, 3.8) is 0 Å². The number of carbonyl (C=O) groups is 1. The summed E-state index contributed by atoms with van der Waals surface area (Å²) in [6, 6.07) is 0. The summed E-state index contributed by atoms with van der Waals surface area (Å²) in [4.78, 5) is 14.4. The molecule has 0 aliphatic rings. The molecule has 1 N–H and O–H groups in total. The number of aliphatic carboxylic acids is 1. The van der Waals surface area contributed by atoms with Crippen molar-refractivity contribution in [3.05, 3.63) is 11.7 Å². The molecule has 84 valence electrons. The van der Waals surface area contributed by atoms with E-state index in [-0.39, 0.29) is 6.42 Å². The van der Waals surface area contributed by atoms with Crippen molar-refractivity contribution in [3.8, 4) is 0 Å². The normalized spacial score (nSPS) is 10.9. The molecule has 0 aliphatic carbocycles. The quantitative estimate of drug-likeness (QED) is 0.776. The maximum atomic E-state index is 10.3. The minimum atomic E-state index is -0.850. The molecular formula is C10H16N2O3. The van der Waals surface area contributed by atoms with Gasteiger partial charge < -0.3 is 9.63 Å². The van der Waals surface area contributed by atoms with E-state index < -0.39 is 5.97 Å². The molecule has 0 saturated heterocycles. The number of carboxylic acids is 1. The van der Waals surface area contributed by atoms with Gasteiger partial charge in [-0.15, -0.1) is 0 Å². The van der Waals surface area contributed by atoms with E-state index in [2.05, 4.69) is 24.0 Å². The van der Waals surface area contributed by atoms with E-state index >= 15 is 0 Å². The van der Waals surface area contributed by atoms with Gasteiger partial charge in [-0.2, -0.15) is 4.98 Å². The summed E-state index contributed by atoms with van der Waals surface area (Å²) in [6.45, 7) is 4.26. The van der Waals surface area contributed by atoms with Crippen LogP contribution in [0.3, 0.4) is 0 Å². The first-order valence-electron chi connectivity index (χ1n) is 5.11. The Morgan fingerprint density at radius 2 is 2.20 bits per heavy atom. The van der Waals surface area contributed by atoms with Gasteiger partial charge >= 0.3 is 5.97 Å². The number of aryl methyl sites for hydroxylation is 2. The van der Waals surface area contributed by atoms with E-state index in [0.717, 1.165) is 12.8 Å². The van der Waals surface area contributed by atoms with Gasteiger partial charge in [0.05, 0.1) is 6.42 Å². The van der Waals surface area contributed by atoms with E-state index in [1.54, 1.807) is 0 Å². The molecular weight excluding hydrogens is 196 g/mol. The highest BCUT2D eigenvalue weighted by Crippen LogP contribution is 2.07. The van der Waals surface area contributed by atoms with Crippen molar-refractivity contribution >= 4 is 5.97 Å². The van der Waals surface area contributed by atoms with Crippen LogP contribution < -0.4 is 0 Å². The Morgan fingerprint density at radius 1 is 1.47 bits per heavy atom. The molecule has 0 aliphatic heterocycles. The average molecular weight is 212 g/mol. The Bertz CT molecular complexity index is 320. The van der Waals surface area contributed by atoms with Crippen LogP contribution in [-0.2, 0) is 17.6 Å². The summed E-state index contributed by atoms with van der Waals surface area (Å²) in [5.41, 5.74) is 0. The zero-order chi connectivity index (χ0) is 11.3. The average Bonchev–Trinajstić information content (AvgIpc) is 2.59. The molecule has 0 atom stereocenters. The van der Waals surface area contributed by atoms with E-state index in [4.69, 9.17) is 9.63 Å². The van der Waals surface area contributed by atoms with E-state index in [0.29, 0.717) is 24.1 Å². The fraction of sp³-hybridized carbons (Fsp3) is 0.700. The van der Waals surface area contributed by atoms with Crippen molar-refractivity contribution in [1.29, 1.82) is 0 Å². The number of hydrogen-bond acceptors (Lipinski definition) is 4. The Morgan fingerprint density at radius 3 is 2.80 bits per heavy atom. The third kappa shape index (κ3) is 4.58. The van der Waals surface area contributed by atoms with Gasteiger partial charge in [0.15, 0.2) is 5.82 Å². The molecule has 5 nitrogen and oxygen atoms in total. The van der Waals surface area contributed by atoms with Gasteiger partial charge in [0.2, 0.25) is 5.89 Å². The van der Waals surface area contributed by atoms with Gasteiger partial charge in [0.1, 0.15) is 0 Å². The van der Waals surface area contributed by atoms with Crippen LogP contribution in [0.2, 0.25) is 0 Å². The molecule has 0 bridgehead atoms. The first-order chi connectivity index (χ1) is 7.08. The van der Waals surface area contributed by atoms with Crippen molar-refractivity contribution in [2.24, 2.45) is 5.92 Å². The van der Waals surface area contributed by atoms with Crippen LogP contribution in [0.15, 0.2) is 4.52 Å². The van der Waals surface area contributed by atoms with Gasteiger partial charge in [-0.3, -0.25) is 4.79 Å². The zero-order valence-corrected chi connectivity index (χ0v) is 9.06. The molecule has 1 heterocycles. The predicted molar refractivity (Wildman–Crippen MR) is 53.4 cm³/mol. The Hall–Kier alpha value is -1.39. The Labute approximate surface area is 88.5 Å². The minimum absolute atomic E-state index is 0.0335. The predicted octanol–water partition coefficient (Wildman–Crippen LogP) is 1.68. The fourth-order valence-electron chi connectivity index (χ4n) is 1.12. The fourth-order valence-corrected chi connectivity index (χ4v) is 1.12. The van der Waals surface area contributed by atoms with Crippen molar-refractivity contribution in [1.82, 2.24) is 10.1 Å². The van der Waals surface area contributed by atoms with Crippen LogP contribution in [-0.4, -0.2) is 21.2 Å². The lowest BCUT2D eigenvalue weighted by molar-refractivity contribution is -0.137. The van der Waals surface area contributed by atoms with Gasteiger partial charge in [0, 0.05) is 12.8 Å². The second kappa shape index (κ2) is 5.48. The molecule has 1 aromatic rings. The summed E-state index contributed by atoms with van der Waals surface area (Å²) in [5, 5.41) is 12.3. The van der Waals surface area contributed by atoms with Crippen LogP contribution in [0.1, 0.15) is 38.4 Å². The summed E-state index contributed by atoms with van der Waals surface area (Å²) in [7, 11) is 0. The van der Waals surface area contributed by atoms with Crippen molar-refractivity contribution in [2.45, 2.75) is 39.5 Å². The number of hydrogen-bond donors (Lipinski definition) is 1. The van der Waals surface area contributed by atoms with Gasteiger partial charge in [-0.25, -0.2) is 0 Å². The molecule has 0 amide bonds. The number of aromatic nitrogens is 2. The highest BCUT2D eigenvalue weighted by molar-refractivity contribution is 5.66. The van der Waals surface area contributed by atoms with Crippen molar-refractivity contribution < 1.29 is 14.4 Å². The van der Waals surface area contributed by atoms with Gasteiger partial charge in [0.25, 0.3) is 0 Å². The highest BCUT2D eigenvalue weighted by Gasteiger charge is 2.08. The van der Waals surface area contributed by atoms with E-state index in [1.165, 1.54) is 0 Å². The minimum Gasteiger partial charge on any atom is -0.481 e. The molecule has 0 fully saturated rings. The maximum Gasteiger partial charge on any atom is 0.303 e. The number of nitrogens with zero attached hydrogens (tertiary/aromatic N) is 2. The zero-order valence-electron chi connectivity index (χ0n) is 9.06. The standard InChI is InChI=1S/C10H16N2O3/c1-7(2)3-4-8-11-9(15-12-8)5-6-10(13)14/h7H,3-6H2,1-2H3,(H,13,14). The summed E-state index contributed by atoms with van der Waals surface area (Å²) >= 11 is 0. The number of rotatable bonds is 6. The molecule has 0 saturated carbocycles. The van der Waals surface area contributed by atoms with Crippen molar-refractivity contribution in [2.75, 3.05) is 0 Å². The smallest absolute Gasteiger partial charge is 0.303 e. The largest absolute Gasteiger partial charge is 0.481 e. The van der Waals surface area contributed by atoms with E-state index in [9.17, 15) is 4.79 Å². The van der Waals surface area contributed by atoms with Crippen LogP contribution in [0.4, 0.5) is 0 Å². The highest BCUT2D eigenvalue weighted by atomic mass is 16.5. The van der Waals surface area contributed by atoms with Crippen LogP contribution in [0.5, 0.6) is 0 Å². The first kappa shape index (κ1) is 11.7. The third-order valence-electron chi connectivity index (χ3n) is 2.01. The molecule has 1 rings (SSSR count). The second-order valence-corrected chi connectivity index (χ2v) is 3.93. The molecule has 0 unspecified atom stereocenters. The Kier molecular flexibility index (Phi) is 4.27. The molecule has 0 aromatic carbocycles. The third-order valence-corrected chi connectivity index (χ3v) is 2.01. The summed E-state index contributed by atoms with van der Waals surface area (Å²) in [5.74, 6) is 0.836. The molecule has 15 heavy (non-hydrogen) atoms. The van der Waals surface area contributed by atoms with Crippen LogP contribution in [0.25, 0.3) is 0 Å². The molecule has 1 aromatic heterocycles. The number of carboxylic acid groups (broad SMARTS) is 1. The lowest BCUT2D eigenvalue weighted by atomic mass is 10.1. The molecule has 0 radical (unpaired) electrons. The maximum absolute atomic E-state index is 10.3. The first-order valence-corrected chi connectivity index (χ1v) is 5.11. The Balaban J connectivity index is 2.38. The van der Waals surface area contributed by atoms with Crippen LogP contribution in [0, 0.1) is 5.92 Å². The second-order valence-electron chi connectivity index (χ2n) is 3.93. The lowest BCUT2D eigenvalue weighted by Crippen LogP contribution is -1.98. The summed E-state index contributed by atoms with van der Waals surface area (Å²) < 4.78 is 4.92. The summed E-state index contributed by atoms with van der Waals surface area (Å²) in [6.07, 6.45) is 2.14. The monoisotopic (exact) mass is 212 g/mol. The molecule has 0 spiro atoms. The van der Waals surface area contributed by atoms with Crippen LogP contribution >= 0.6 is 0 Å². The van der Waals surface area contributed by atoms with E-state index in [1.807, 2.05) is 0 Å². The lowest BCUT2D eigenvalue weighted by Gasteiger charge is -1.98. The van der Waals surface area contributed by atoms with Gasteiger partial charge in [-0.05, 0) is 12.3 Å². The van der Waals surface area contributed by atoms with Gasteiger partial charge in [-0.1, -0.05) is 19.0 Å². The molecule has 5 heteroatoms.